The highest BCUT2D eigenvalue weighted by Gasteiger charge is 2.10. The average Bonchev–Trinajstić information content (AvgIpc) is 2.56. The number of benzene rings is 3. The van der Waals surface area contributed by atoms with Crippen LogP contribution in [0.2, 0.25) is 0 Å². The topological polar surface area (TPSA) is 20.3 Å². The molecule has 2 heteroatoms. The minimum absolute atomic E-state index is 0.140. The first-order chi connectivity index (χ1) is 11.1. The third-order valence-electron chi connectivity index (χ3n) is 4.14. The standard InChI is InChI=1S/C21H21NO/c1-16-7-9-17(10-8-16)15-22(2)21(23)14-18-11-12-19-5-3-4-6-20(19)13-18/h3-13H,14-15H2,1-2H3. The minimum Gasteiger partial charge on any atom is -0.341 e. The second-order valence-corrected chi connectivity index (χ2v) is 6.09. The van der Waals surface area contributed by atoms with Crippen molar-refractivity contribution in [2.75, 3.05) is 7.05 Å². The third kappa shape index (κ3) is 3.78. The number of hydrogen-bond acceptors (Lipinski definition) is 1. The van der Waals surface area contributed by atoms with Crippen molar-refractivity contribution in [3.8, 4) is 0 Å². The Balaban J connectivity index is 1.68. The minimum atomic E-state index is 0.140. The lowest BCUT2D eigenvalue weighted by Gasteiger charge is -2.17. The number of likely N-dealkylation sites (N-methyl/N-ethyl adjacent to an activating group) is 1. The fraction of sp³-hybridized carbons (Fsp3) is 0.190. The number of amides is 1. The Hall–Kier alpha value is -2.61. The molecule has 2 nitrogen and oxygen atoms in total. The van der Waals surface area contributed by atoms with Gasteiger partial charge >= 0.3 is 0 Å². The number of hydrogen-bond donors (Lipinski definition) is 0. The number of carbonyl (C=O) groups is 1. The van der Waals surface area contributed by atoms with Crippen molar-refractivity contribution in [2.45, 2.75) is 19.9 Å². The lowest BCUT2D eigenvalue weighted by Crippen LogP contribution is -2.27. The Morgan fingerprint density at radius 2 is 1.52 bits per heavy atom. The number of nitrogens with zero attached hydrogens (tertiary/aromatic N) is 1. The maximum atomic E-state index is 12.4. The number of rotatable bonds is 4. The first-order valence-electron chi connectivity index (χ1n) is 7.89. The van der Waals surface area contributed by atoms with Gasteiger partial charge in [0.15, 0.2) is 0 Å². The number of carbonyl (C=O) groups excluding carboxylic acids is 1. The van der Waals surface area contributed by atoms with Gasteiger partial charge in [-0.3, -0.25) is 4.79 Å². The summed E-state index contributed by atoms with van der Waals surface area (Å²) in [5, 5.41) is 2.38. The molecule has 0 aliphatic rings. The van der Waals surface area contributed by atoms with E-state index in [1.807, 2.05) is 25.2 Å². The van der Waals surface area contributed by atoms with E-state index in [9.17, 15) is 4.79 Å². The average molecular weight is 303 g/mol. The molecule has 1 amide bonds. The van der Waals surface area contributed by atoms with E-state index in [-0.39, 0.29) is 5.91 Å². The number of aryl methyl sites for hydroxylation is 1. The molecule has 116 valence electrons. The Labute approximate surface area is 137 Å². The summed E-state index contributed by atoms with van der Waals surface area (Å²) in [5.41, 5.74) is 3.45. The van der Waals surface area contributed by atoms with Gasteiger partial charge in [0, 0.05) is 13.6 Å². The van der Waals surface area contributed by atoms with Crippen LogP contribution < -0.4 is 0 Å². The van der Waals surface area contributed by atoms with Crippen molar-refractivity contribution in [1.29, 1.82) is 0 Å². The van der Waals surface area contributed by atoms with E-state index in [1.165, 1.54) is 16.3 Å². The molecule has 0 spiro atoms. The highest BCUT2D eigenvalue weighted by molar-refractivity contribution is 5.85. The van der Waals surface area contributed by atoms with Crippen LogP contribution in [0.5, 0.6) is 0 Å². The summed E-state index contributed by atoms with van der Waals surface area (Å²) < 4.78 is 0. The molecular formula is C21H21NO. The fourth-order valence-corrected chi connectivity index (χ4v) is 2.71. The van der Waals surface area contributed by atoms with E-state index in [0.29, 0.717) is 13.0 Å². The molecule has 0 atom stereocenters. The molecule has 3 aromatic rings. The van der Waals surface area contributed by atoms with Gasteiger partial charge < -0.3 is 4.90 Å². The van der Waals surface area contributed by atoms with Gasteiger partial charge in [0.05, 0.1) is 6.42 Å². The predicted molar refractivity (Wildman–Crippen MR) is 95.3 cm³/mol. The van der Waals surface area contributed by atoms with Gasteiger partial charge in [0.2, 0.25) is 5.91 Å². The van der Waals surface area contributed by atoms with Crippen LogP contribution in [0.3, 0.4) is 0 Å². The van der Waals surface area contributed by atoms with E-state index >= 15 is 0 Å². The van der Waals surface area contributed by atoms with Crippen LogP contribution in [0.15, 0.2) is 66.7 Å². The van der Waals surface area contributed by atoms with E-state index in [2.05, 4.69) is 55.5 Å². The lowest BCUT2D eigenvalue weighted by atomic mass is 10.0. The van der Waals surface area contributed by atoms with E-state index < -0.39 is 0 Å². The molecule has 0 unspecified atom stereocenters. The van der Waals surface area contributed by atoms with Crippen molar-refractivity contribution in [3.05, 3.63) is 83.4 Å². The third-order valence-corrected chi connectivity index (χ3v) is 4.14. The molecule has 0 heterocycles. The second-order valence-electron chi connectivity index (χ2n) is 6.09. The molecule has 0 N–H and O–H groups in total. The van der Waals surface area contributed by atoms with Crippen molar-refractivity contribution >= 4 is 16.7 Å². The van der Waals surface area contributed by atoms with Crippen LogP contribution in [0.4, 0.5) is 0 Å². The van der Waals surface area contributed by atoms with Crippen LogP contribution >= 0.6 is 0 Å². The van der Waals surface area contributed by atoms with Crippen molar-refractivity contribution in [3.63, 3.8) is 0 Å². The summed E-state index contributed by atoms with van der Waals surface area (Å²) >= 11 is 0. The van der Waals surface area contributed by atoms with Crippen molar-refractivity contribution in [2.24, 2.45) is 0 Å². The maximum absolute atomic E-state index is 12.4. The van der Waals surface area contributed by atoms with Crippen LogP contribution in [0, 0.1) is 6.92 Å². The molecule has 0 bridgehead atoms. The van der Waals surface area contributed by atoms with E-state index in [1.54, 1.807) is 4.90 Å². The molecule has 0 aromatic heterocycles. The molecular weight excluding hydrogens is 282 g/mol. The molecule has 3 aromatic carbocycles. The van der Waals surface area contributed by atoms with Crippen molar-refractivity contribution in [1.82, 2.24) is 4.90 Å². The van der Waals surface area contributed by atoms with Crippen LogP contribution in [-0.2, 0) is 17.8 Å². The Bertz CT molecular complexity index is 821. The van der Waals surface area contributed by atoms with Crippen LogP contribution in [-0.4, -0.2) is 17.9 Å². The Morgan fingerprint density at radius 3 is 2.26 bits per heavy atom. The summed E-state index contributed by atoms with van der Waals surface area (Å²) in [6.07, 6.45) is 0.438. The zero-order valence-corrected chi connectivity index (χ0v) is 13.6. The van der Waals surface area contributed by atoms with E-state index in [0.717, 1.165) is 11.1 Å². The molecule has 0 aliphatic heterocycles. The monoisotopic (exact) mass is 303 g/mol. The van der Waals surface area contributed by atoms with Gasteiger partial charge in [-0.25, -0.2) is 0 Å². The predicted octanol–water partition coefficient (Wildman–Crippen LogP) is 4.35. The second kappa shape index (κ2) is 6.66. The van der Waals surface area contributed by atoms with Gasteiger partial charge in [-0.1, -0.05) is 72.3 Å². The van der Waals surface area contributed by atoms with Crippen LogP contribution in [0.1, 0.15) is 16.7 Å². The summed E-state index contributed by atoms with van der Waals surface area (Å²) in [5.74, 6) is 0.140. The van der Waals surface area contributed by atoms with Gasteiger partial charge in [-0.2, -0.15) is 0 Å². The van der Waals surface area contributed by atoms with E-state index in [4.69, 9.17) is 0 Å². The molecule has 0 aliphatic carbocycles. The molecule has 0 saturated carbocycles. The molecule has 0 radical (unpaired) electrons. The van der Waals surface area contributed by atoms with Gasteiger partial charge in [-0.05, 0) is 28.8 Å². The smallest absolute Gasteiger partial charge is 0.227 e. The SMILES string of the molecule is Cc1ccc(CN(C)C(=O)Cc2ccc3ccccc3c2)cc1. The molecule has 0 fully saturated rings. The summed E-state index contributed by atoms with van der Waals surface area (Å²) in [7, 11) is 1.86. The molecule has 3 rings (SSSR count). The van der Waals surface area contributed by atoms with Crippen molar-refractivity contribution < 1.29 is 4.79 Å². The largest absolute Gasteiger partial charge is 0.341 e. The zero-order valence-electron chi connectivity index (χ0n) is 13.6. The zero-order chi connectivity index (χ0) is 16.2. The molecule has 0 saturated heterocycles. The normalized spacial score (nSPS) is 10.7. The first-order valence-corrected chi connectivity index (χ1v) is 7.89. The lowest BCUT2D eigenvalue weighted by molar-refractivity contribution is -0.129. The quantitative estimate of drug-likeness (QED) is 0.701. The maximum Gasteiger partial charge on any atom is 0.227 e. The summed E-state index contributed by atoms with van der Waals surface area (Å²) in [6, 6.07) is 22.8. The molecule has 23 heavy (non-hydrogen) atoms. The highest BCUT2D eigenvalue weighted by atomic mass is 16.2. The van der Waals surface area contributed by atoms with Crippen LogP contribution in [0.25, 0.3) is 10.8 Å². The number of fused-ring (bicyclic) bond motifs is 1. The summed E-state index contributed by atoms with van der Waals surface area (Å²) in [6.45, 7) is 2.71. The fourth-order valence-electron chi connectivity index (χ4n) is 2.71. The first kappa shape index (κ1) is 15.3. The van der Waals surface area contributed by atoms with Gasteiger partial charge in [-0.15, -0.1) is 0 Å². The Morgan fingerprint density at radius 1 is 0.870 bits per heavy atom. The highest BCUT2D eigenvalue weighted by Crippen LogP contribution is 2.16. The van der Waals surface area contributed by atoms with Gasteiger partial charge in [0.1, 0.15) is 0 Å². The van der Waals surface area contributed by atoms with Gasteiger partial charge in [0.25, 0.3) is 0 Å². The summed E-state index contributed by atoms with van der Waals surface area (Å²) in [4.78, 5) is 14.2. The Kier molecular flexibility index (Phi) is 4.42.